The number of esters is 1. The lowest BCUT2D eigenvalue weighted by Gasteiger charge is -2.43. The Balaban J connectivity index is 1.67. The number of rotatable bonds is 11. The van der Waals surface area contributed by atoms with Crippen LogP contribution in [0.4, 0.5) is 13.2 Å². The maximum Gasteiger partial charge on any atom is 0.306 e. The number of halogens is 3. The fourth-order valence-electron chi connectivity index (χ4n) is 6.48. The first kappa shape index (κ1) is 34.1. The highest BCUT2D eigenvalue weighted by Crippen LogP contribution is 2.48. The minimum absolute atomic E-state index is 0.0272. The molecular formula is C33H33F3N4O8. The summed E-state index contributed by atoms with van der Waals surface area (Å²) in [7, 11) is 0. The summed E-state index contributed by atoms with van der Waals surface area (Å²) in [5, 5.41) is 14.4. The SMILES string of the molecule is CCOC(=O)CC1(C[N+](=O)[O-])CC[C@H](C)N2C[C@H]1n1cc(C(=O)NCc3c(F)cc(F)cc3F)c(=O)c(OCc3ccccc3)c1C2=O. The standard InChI is InChI=1S/C33H33F3N4O8/c1-3-47-27(41)13-33(18-40(45)46)10-9-19(2)38-16-26(33)39-15-23(31(43)37-14-22-24(35)11-21(34)12-25(22)36)29(42)30(28(39)32(38)44)48-17-20-7-5-4-6-8-20/h4-8,11-12,15,19,26H,3,9-10,13-14,16-18H2,1-2H3,(H,37,43)/t19-,26+,33?/m0/s1. The lowest BCUT2D eigenvalue weighted by atomic mass is 9.73. The number of ether oxygens (including phenoxy) is 2. The molecule has 0 aliphatic carbocycles. The number of nitrogens with zero attached hydrogens (tertiary/aromatic N) is 3. The first-order valence-corrected chi connectivity index (χ1v) is 15.3. The van der Waals surface area contributed by atoms with Gasteiger partial charge in [0.05, 0.1) is 24.5 Å². The van der Waals surface area contributed by atoms with E-state index in [1.54, 1.807) is 44.2 Å². The molecule has 3 atom stereocenters. The van der Waals surface area contributed by atoms with Crippen LogP contribution in [0.15, 0.2) is 53.5 Å². The van der Waals surface area contributed by atoms with Crippen LogP contribution in [0, 0.1) is 33.0 Å². The molecule has 254 valence electrons. The summed E-state index contributed by atoms with van der Waals surface area (Å²) >= 11 is 0. The molecule has 2 amide bonds. The van der Waals surface area contributed by atoms with Gasteiger partial charge in [-0.1, -0.05) is 30.3 Å². The third-order valence-electron chi connectivity index (χ3n) is 8.91. The van der Waals surface area contributed by atoms with Crippen LogP contribution >= 0.6 is 0 Å². The van der Waals surface area contributed by atoms with E-state index in [1.165, 1.54) is 9.47 Å². The number of hydrogen-bond acceptors (Lipinski definition) is 8. The van der Waals surface area contributed by atoms with Gasteiger partial charge >= 0.3 is 5.97 Å². The number of nitrogens with one attached hydrogen (secondary N) is 1. The molecule has 15 heteroatoms. The largest absolute Gasteiger partial charge is 0.483 e. The van der Waals surface area contributed by atoms with E-state index in [0.717, 1.165) is 6.20 Å². The Labute approximate surface area is 272 Å². The first-order chi connectivity index (χ1) is 22.8. The van der Waals surface area contributed by atoms with Crippen molar-refractivity contribution in [2.24, 2.45) is 5.41 Å². The lowest BCUT2D eigenvalue weighted by molar-refractivity contribution is -0.500. The summed E-state index contributed by atoms with van der Waals surface area (Å²) < 4.78 is 54.6. The number of amides is 2. The maximum atomic E-state index is 14.3. The molecule has 0 radical (unpaired) electrons. The van der Waals surface area contributed by atoms with Crippen molar-refractivity contribution in [2.75, 3.05) is 19.7 Å². The smallest absolute Gasteiger partial charge is 0.306 e. The number of carbonyl (C=O) groups is 3. The van der Waals surface area contributed by atoms with Gasteiger partial charge in [0, 0.05) is 47.9 Å². The second-order valence-corrected chi connectivity index (χ2v) is 12.0. The van der Waals surface area contributed by atoms with E-state index in [-0.39, 0.29) is 38.3 Å². The van der Waals surface area contributed by atoms with Crippen molar-refractivity contribution in [1.82, 2.24) is 14.8 Å². The van der Waals surface area contributed by atoms with Gasteiger partial charge in [-0.2, -0.15) is 0 Å². The summed E-state index contributed by atoms with van der Waals surface area (Å²) in [5.74, 6) is -6.61. The number of carbonyl (C=O) groups excluding carboxylic acids is 3. The van der Waals surface area contributed by atoms with Crippen LogP contribution in [0.2, 0.25) is 0 Å². The Bertz CT molecular complexity index is 1800. The second-order valence-electron chi connectivity index (χ2n) is 12.0. The second kappa shape index (κ2) is 13.9. The third kappa shape index (κ3) is 6.75. The molecule has 1 unspecified atom stereocenters. The zero-order valence-electron chi connectivity index (χ0n) is 26.2. The van der Waals surface area contributed by atoms with Crippen molar-refractivity contribution >= 4 is 17.8 Å². The van der Waals surface area contributed by atoms with Crippen molar-refractivity contribution in [3.63, 3.8) is 0 Å². The molecule has 3 aromatic rings. The molecule has 5 rings (SSSR count). The topological polar surface area (TPSA) is 150 Å². The summed E-state index contributed by atoms with van der Waals surface area (Å²) in [6.07, 6.45) is 1.09. The fourth-order valence-corrected chi connectivity index (χ4v) is 6.48. The van der Waals surface area contributed by atoms with Crippen molar-refractivity contribution in [1.29, 1.82) is 0 Å². The van der Waals surface area contributed by atoms with E-state index in [2.05, 4.69) is 5.32 Å². The molecule has 0 spiro atoms. The Morgan fingerprint density at radius 3 is 2.46 bits per heavy atom. The van der Waals surface area contributed by atoms with Crippen LogP contribution in [-0.4, -0.2) is 57.9 Å². The minimum Gasteiger partial charge on any atom is -0.483 e. The van der Waals surface area contributed by atoms with E-state index in [1.807, 2.05) is 0 Å². The molecule has 2 aliphatic heterocycles. The average Bonchev–Trinajstić information content (AvgIpc) is 3.14. The van der Waals surface area contributed by atoms with Gasteiger partial charge < -0.3 is 24.3 Å². The third-order valence-corrected chi connectivity index (χ3v) is 8.91. The van der Waals surface area contributed by atoms with E-state index >= 15 is 0 Å². The zero-order valence-corrected chi connectivity index (χ0v) is 26.2. The Kier molecular flexibility index (Phi) is 9.87. The molecular weight excluding hydrogens is 637 g/mol. The predicted octanol–water partition coefficient (Wildman–Crippen LogP) is 4.17. The first-order valence-electron chi connectivity index (χ1n) is 15.3. The van der Waals surface area contributed by atoms with Gasteiger partial charge in [0.1, 0.15) is 29.6 Å². The molecule has 12 nitrogen and oxygen atoms in total. The van der Waals surface area contributed by atoms with Crippen molar-refractivity contribution in [2.45, 2.75) is 58.3 Å². The molecule has 2 bridgehead atoms. The summed E-state index contributed by atoms with van der Waals surface area (Å²) in [4.78, 5) is 67.6. The molecule has 2 aromatic carbocycles. The number of benzene rings is 2. The van der Waals surface area contributed by atoms with E-state index < -0.39 is 99.5 Å². The zero-order chi connectivity index (χ0) is 34.7. The van der Waals surface area contributed by atoms with Crippen LogP contribution in [-0.2, 0) is 22.7 Å². The molecule has 1 aromatic heterocycles. The quantitative estimate of drug-likeness (QED) is 0.182. The molecule has 48 heavy (non-hydrogen) atoms. The number of aromatic nitrogens is 1. The van der Waals surface area contributed by atoms with E-state index in [0.29, 0.717) is 17.7 Å². The Morgan fingerprint density at radius 1 is 1.12 bits per heavy atom. The Hall–Kier alpha value is -5.21. The van der Waals surface area contributed by atoms with Gasteiger partial charge in [-0.05, 0) is 32.3 Å². The van der Waals surface area contributed by atoms with Gasteiger partial charge in [-0.15, -0.1) is 0 Å². The van der Waals surface area contributed by atoms with Gasteiger partial charge in [-0.3, -0.25) is 29.3 Å². The summed E-state index contributed by atoms with van der Waals surface area (Å²) in [5.41, 5.74) is -3.33. The number of fused-ring (bicyclic) bond motifs is 4. The molecule has 1 saturated heterocycles. The highest BCUT2D eigenvalue weighted by molar-refractivity contribution is 5.99. The minimum atomic E-state index is -1.42. The monoisotopic (exact) mass is 670 g/mol. The van der Waals surface area contributed by atoms with Gasteiger partial charge in [0.2, 0.25) is 12.0 Å². The van der Waals surface area contributed by atoms with Crippen LogP contribution in [0.5, 0.6) is 5.75 Å². The molecule has 3 heterocycles. The van der Waals surface area contributed by atoms with Gasteiger partial charge in [0.15, 0.2) is 11.4 Å². The van der Waals surface area contributed by atoms with Crippen molar-refractivity contribution in [3.8, 4) is 5.75 Å². The number of hydrogen-bond donors (Lipinski definition) is 1. The fraction of sp³-hybridized carbons (Fsp3) is 0.394. The highest BCUT2D eigenvalue weighted by Gasteiger charge is 2.53. The van der Waals surface area contributed by atoms with E-state index in [4.69, 9.17) is 9.47 Å². The average molecular weight is 671 g/mol. The van der Waals surface area contributed by atoms with Crippen molar-refractivity contribution in [3.05, 3.63) is 109 Å². The lowest BCUT2D eigenvalue weighted by Crippen LogP contribution is -2.52. The predicted molar refractivity (Wildman–Crippen MR) is 163 cm³/mol. The van der Waals surface area contributed by atoms with Crippen LogP contribution in [0.25, 0.3) is 0 Å². The molecule has 0 saturated carbocycles. The number of nitro groups is 1. The molecule has 1 fully saturated rings. The normalized spacial score (nSPS) is 20.0. The van der Waals surface area contributed by atoms with Crippen LogP contribution in [0.3, 0.4) is 0 Å². The molecule has 2 aliphatic rings. The van der Waals surface area contributed by atoms with Crippen LogP contribution in [0.1, 0.15) is 71.1 Å². The Morgan fingerprint density at radius 2 is 1.81 bits per heavy atom. The van der Waals surface area contributed by atoms with Crippen molar-refractivity contribution < 1.29 is 42.0 Å². The van der Waals surface area contributed by atoms with E-state index in [9.17, 15) is 42.5 Å². The number of pyridine rings is 1. The summed E-state index contributed by atoms with van der Waals surface area (Å²) in [6, 6.07) is 8.09. The molecule has 1 N–H and O–H groups in total. The van der Waals surface area contributed by atoms with Gasteiger partial charge in [0.25, 0.3) is 11.8 Å². The maximum absolute atomic E-state index is 14.3. The highest BCUT2D eigenvalue weighted by atomic mass is 19.1. The summed E-state index contributed by atoms with van der Waals surface area (Å²) in [6.45, 7) is 1.64. The van der Waals surface area contributed by atoms with Gasteiger partial charge in [-0.25, -0.2) is 13.2 Å². The van der Waals surface area contributed by atoms with Crippen LogP contribution < -0.4 is 15.5 Å².